The number of ether oxygens (including phenoxy) is 1. The first-order chi connectivity index (χ1) is 11.2. The summed E-state index contributed by atoms with van der Waals surface area (Å²) in [5.74, 6) is 0.0548. The minimum atomic E-state index is -0.0374. The molecule has 0 bridgehead atoms. The van der Waals surface area contributed by atoms with Crippen LogP contribution in [-0.2, 0) is 22.6 Å². The molecular formula is C18H23N3O2. The number of nitrogens with one attached hydrogen (secondary N) is 1. The second-order valence-corrected chi connectivity index (χ2v) is 6.05. The van der Waals surface area contributed by atoms with Gasteiger partial charge >= 0.3 is 0 Å². The van der Waals surface area contributed by atoms with E-state index in [4.69, 9.17) is 4.74 Å². The molecule has 5 nitrogen and oxygen atoms in total. The summed E-state index contributed by atoms with van der Waals surface area (Å²) in [5, 5.41) is 3.08. The van der Waals surface area contributed by atoms with Gasteiger partial charge in [-0.15, -0.1) is 0 Å². The molecule has 2 atom stereocenters. The molecule has 1 amide bonds. The monoisotopic (exact) mass is 313 g/mol. The van der Waals surface area contributed by atoms with Crippen LogP contribution in [0.25, 0.3) is 0 Å². The summed E-state index contributed by atoms with van der Waals surface area (Å²) < 4.78 is 7.61. The summed E-state index contributed by atoms with van der Waals surface area (Å²) in [5.41, 5.74) is 2.33. The molecule has 23 heavy (non-hydrogen) atoms. The van der Waals surface area contributed by atoms with Crippen LogP contribution in [0.4, 0.5) is 0 Å². The highest BCUT2D eigenvalue weighted by Gasteiger charge is 2.28. The van der Waals surface area contributed by atoms with E-state index in [1.165, 1.54) is 5.56 Å². The average molecular weight is 313 g/mol. The molecule has 1 aromatic carbocycles. The Balaban J connectivity index is 1.62. The van der Waals surface area contributed by atoms with E-state index in [1.807, 2.05) is 29.8 Å². The summed E-state index contributed by atoms with van der Waals surface area (Å²) in [6, 6.07) is 8.18. The number of carbonyl (C=O) groups excluding carboxylic acids is 1. The standard InChI is InChI=1S/C18H23N3O2/c1-14-17(7-4-10-23-14)18(22)20-11-15-5-2-3-6-16(15)12-21-9-8-19-13-21/h2-3,5-6,8-9,13-14,17H,4,7,10-12H2,1H3,(H,20,22)/t14-,17+/m1/s1. The molecule has 5 heteroatoms. The number of benzene rings is 1. The fourth-order valence-corrected chi connectivity index (χ4v) is 3.04. The van der Waals surface area contributed by atoms with Crippen LogP contribution in [0.3, 0.4) is 0 Å². The second-order valence-electron chi connectivity index (χ2n) is 6.05. The van der Waals surface area contributed by atoms with Crippen molar-refractivity contribution in [3.8, 4) is 0 Å². The van der Waals surface area contributed by atoms with Gasteiger partial charge in [0.25, 0.3) is 0 Å². The van der Waals surface area contributed by atoms with Gasteiger partial charge in [-0.3, -0.25) is 4.79 Å². The molecule has 2 aromatic rings. The van der Waals surface area contributed by atoms with Crippen LogP contribution in [0.15, 0.2) is 43.0 Å². The normalized spacial score (nSPS) is 21.1. The average Bonchev–Trinajstić information content (AvgIpc) is 3.07. The van der Waals surface area contributed by atoms with Crippen LogP contribution in [0.2, 0.25) is 0 Å². The van der Waals surface area contributed by atoms with E-state index in [1.54, 1.807) is 12.5 Å². The Bertz CT molecular complexity index is 639. The van der Waals surface area contributed by atoms with Crippen molar-refractivity contribution in [2.24, 2.45) is 5.92 Å². The van der Waals surface area contributed by atoms with Crippen molar-refractivity contribution in [1.29, 1.82) is 0 Å². The van der Waals surface area contributed by atoms with Gasteiger partial charge < -0.3 is 14.6 Å². The highest BCUT2D eigenvalue weighted by Crippen LogP contribution is 2.21. The van der Waals surface area contributed by atoms with Crippen LogP contribution in [0.5, 0.6) is 0 Å². The summed E-state index contributed by atoms with van der Waals surface area (Å²) in [6.07, 6.45) is 7.38. The molecule has 1 aliphatic rings. The van der Waals surface area contributed by atoms with E-state index in [0.29, 0.717) is 6.54 Å². The lowest BCUT2D eigenvalue weighted by atomic mass is 9.94. The van der Waals surface area contributed by atoms with E-state index in [-0.39, 0.29) is 17.9 Å². The predicted molar refractivity (Wildman–Crippen MR) is 87.8 cm³/mol. The van der Waals surface area contributed by atoms with E-state index in [9.17, 15) is 4.79 Å². The maximum atomic E-state index is 12.4. The summed E-state index contributed by atoms with van der Waals surface area (Å²) in [6.45, 7) is 4.05. The molecule has 1 N–H and O–H groups in total. The van der Waals surface area contributed by atoms with Gasteiger partial charge in [0.05, 0.1) is 18.3 Å². The molecule has 1 aliphatic heterocycles. The molecule has 0 unspecified atom stereocenters. The molecule has 122 valence electrons. The van der Waals surface area contributed by atoms with Gasteiger partial charge in [-0.25, -0.2) is 4.98 Å². The van der Waals surface area contributed by atoms with Crippen LogP contribution < -0.4 is 5.32 Å². The Hall–Kier alpha value is -2.14. The molecule has 0 aliphatic carbocycles. The highest BCUT2D eigenvalue weighted by molar-refractivity contribution is 5.79. The van der Waals surface area contributed by atoms with E-state index >= 15 is 0 Å². The third kappa shape index (κ3) is 3.99. The van der Waals surface area contributed by atoms with E-state index < -0.39 is 0 Å². The zero-order valence-corrected chi connectivity index (χ0v) is 13.4. The summed E-state index contributed by atoms with van der Waals surface area (Å²) in [7, 11) is 0. The Morgan fingerprint density at radius 1 is 1.39 bits per heavy atom. The smallest absolute Gasteiger partial charge is 0.225 e. The Kier molecular flexibility index (Phi) is 5.08. The lowest BCUT2D eigenvalue weighted by Gasteiger charge is -2.28. The van der Waals surface area contributed by atoms with Gasteiger partial charge in [-0.1, -0.05) is 24.3 Å². The van der Waals surface area contributed by atoms with Crippen LogP contribution in [0.1, 0.15) is 30.9 Å². The molecule has 0 spiro atoms. The number of nitrogens with zero attached hydrogens (tertiary/aromatic N) is 2. The van der Waals surface area contributed by atoms with Crippen molar-refractivity contribution in [1.82, 2.24) is 14.9 Å². The lowest BCUT2D eigenvalue weighted by molar-refractivity contribution is -0.133. The van der Waals surface area contributed by atoms with Crippen molar-refractivity contribution in [3.05, 3.63) is 54.1 Å². The van der Waals surface area contributed by atoms with Crippen molar-refractivity contribution in [2.75, 3.05) is 6.61 Å². The summed E-state index contributed by atoms with van der Waals surface area (Å²) >= 11 is 0. The quantitative estimate of drug-likeness (QED) is 0.922. The lowest BCUT2D eigenvalue weighted by Crippen LogP contribution is -2.40. The first-order valence-corrected chi connectivity index (χ1v) is 8.16. The largest absolute Gasteiger partial charge is 0.378 e. The van der Waals surface area contributed by atoms with Crippen LogP contribution in [0, 0.1) is 5.92 Å². The SMILES string of the molecule is C[C@H]1OCCC[C@@H]1C(=O)NCc1ccccc1Cn1ccnc1. The first-order valence-electron chi connectivity index (χ1n) is 8.16. The minimum absolute atomic E-state index is 0.00458. The number of aromatic nitrogens is 2. The number of rotatable bonds is 5. The van der Waals surface area contributed by atoms with Gasteiger partial charge in [0.2, 0.25) is 5.91 Å². The Morgan fingerprint density at radius 3 is 2.96 bits per heavy atom. The molecule has 3 rings (SSSR count). The van der Waals surface area contributed by atoms with Crippen LogP contribution in [-0.4, -0.2) is 28.2 Å². The van der Waals surface area contributed by atoms with Crippen LogP contribution >= 0.6 is 0 Å². The number of carbonyl (C=O) groups is 1. The molecule has 0 saturated carbocycles. The van der Waals surface area contributed by atoms with Gasteiger partial charge in [0.15, 0.2) is 0 Å². The molecular weight excluding hydrogens is 290 g/mol. The number of hydrogen-bond donors (Lipinski definition) is 1. The zero-order valence-electron chi connectivity index (χ0n) is 13.4. The molecule has 1 saturated heterocycles. The maximum Gasteiger partial charge on any atom is 0.225 e. The number of amides is 1. The van der Waals surface area contributed by atoms with Gasteiger partial charge in [0.1, 0.15) is 0 Å². The molecule has 0 radical (unpaired) electrons. The first kappa shape index (κ1) is 15.7. The van der Waals surface area contributed by atoms with E-state index in [0.717, 1.165) is 31.6 Å². The Labute approximate surface area is 136 Å². The highest BCUT2D eigenvalue weighted by atomic mass is 16.5. The van der Waals surface area contributed by atoms with Crippen molar-refractivity contribution in [2.45, 2.75) is 39.0 Å². The molecule has 1 fully saturated rings. The van der Waals surface area contributed by atoms with Crippen molar-refractivity contribution < 1.29 is 9.53 Å². The molecule has 2 heterocycles. The number of hydrogen-bond acceptors (Lipinski definition) is 3. The number of imidazole rings is 1. The minimum Gasteiger partial charge on any atom is -0.378 e. The predicted octanol–water partition coefficient (Wildman–Crippen LogP) is 2.36. The third-order valence-electron chi connectivity index (χ3n) is 4.43. The van der Waals surface area contributed by atoms with Crippen molar-refractivity contribution in [3.63, 3.8) is 0 Å². The fourth-order valence-electron chi connectivity index (χ4n) is 3.04. The molecule has 1 aromatic heterocycles. The van der Waals surface area contributed by atoms with Gasteiger partial charge in [0, 0.05) is 32.1 Å². The summed E-state index contributed by atoms with van der Waals surface area (Å²) in [4.78, 5) is 16.5. The van der Waals surface area contributed by atoms with Crippen molar-refractivity contribution >= 4 is 5.91 Å². The fraction of sp³-hybridized carbons (Fsp3) is 0.444. The maximum absolute atomic E-state index is 12.4. The second kappa shape index (κ2) is 7.42. The van der Waals surface area contributed by atoms with Gasteiger partial charge in [-0.05, 0) is 30.9 Å². The van der Waals surface area contributed by atoms with E-state index in [2.05, 4.69) is 22.4 Å². The topological polar surface area (TPSA) is 56.1 Å². The van der Waals surface area contributed by atoms with Gasteiger partial charge in [-0.2, -0.15) is 0 Å². The third-order valence-corrected chi connectivity index (χ3v) is 4.43. The zero-order chi connectivity index (χ0) is 16.1. The Morgan fingerprint density at radius 2 is 2.22 bits per heavy atom.